The fourth-order valence-corrected chi connectivity index (χ4v) is 3.18. The summed E-state index contributed by atoms with van der Waals surface area (Å²) < 4.78 is 26.2. The van der Waals surface area contributed by atoms with Gasteiger partial charge in [-0.1, -0.05) is 20.8 Å². The number of nitrogens with one attached hydrogen (secondary N) is 1. The molecule has 0 saturated heterocycles. The Morgan fingerprint density at radius 1 is 1.41 bits per heavy atom. The molecule has 0 atom stereocenters. The Bertz CT molecular complexity index is 504. The predicted octanol–water partition coefficient (Wildman–Crippen LogP) is 1.76. The van der Waals surface area contributed by atoms with E-state index in [1.54, 1.807) is 13.0 Å². The first kappa shape index (κ1) is 13.8. The normalized spacial score (nSPS) is 12.5. The molecule has 3 N–H and O–H groups in total. The van der Waals surface area contributed by atoms with E-state index in [1.807, 2.05) is 20.8 Å². The van der Waals surface area contributed by atoms with Gasteiger partial charge in [-0.25, -0.2) is 13.4 Å². The number of nitrogen functional groups attached to an aromatic ring is 1. The first-order valence-corrected chi connectivity index (χ1v) is 6.97. The maximum atomic E-state index is 11.9. The number of aromatic nitrogens is 1. The fraction of sp³-hybridized carbons (Fsp3) is 0.545. The molecule has 0 aliphatic carbocycles. The molecule has 0 aliphatic heterocycles. The number of pyridine rings is 1. The number of sulfonamides is 1. The topological polar surface area (TPSA) is 85.1 Å². The number of anilines is 2. The van der Waals surface area contributed by atoms with Gasteiger partial charge in [0.2, 0.25) is 10.0 Å². The molecule has 1 rings (SSSR count). The highest BCUT2D eigenvalue weighted by Crippen LogP contribution is 2.20. The van der Waals surface area contributed by atoms with Crippen molar-refractivity contribution in [2.45, 2.75) is 27.7 Å². The summed E-state index contributed by atoms with van der Waals surface area (Å²) in [6, 6.07) is 1.68. The highest BCUT2D eigenvalue weighted by atomic mass is 32.2. The zero-order valence-electron chi connectivity index (χ0n) is 10.6. The van der Waals surface area contributed by atoms with E-state index in [4.69, 9.17) is 5.73 Å². The molecule has 6 heteroatoms. The molecule has 0 amide bonds. The second kappa shape index (κ2) is 4.52. The summed E-state index contributed by atoms with van der Waals surface area (Å²) in [6.07, 6.45) is 1.43. The minimum atomic E-state index is -3.38. The summed E-state index contributed by atoms with van der Waals surface area (Å²) in [4.78, 5) is 3.98. The standard InChI is InChI=1S/C11H19N3O2S/c1-8-5-9(12)6-13-10(8)14-17(15,16)7-11(2,3)4/h5-6H,7,12H2,1-4H3,(H,13,14). The van der Waals surface area contributed by atoms with Gasteiger partial charge in [0.05, 0.1) is 17.6 Å². The summed E-state index contributed by atoms with van der Waals surface area (Å²) >= 11 is 0. The van der Waals surface area contributed by atoms with Crippen LogP contribution in [0.25, 0.3) is 0 Å². The highest BCUT2D eigenvalue weighted by Gasteiger charge is 2.22. The molecule has 1 aromatic heterocycles. The molecule has 5 nitrogen and oxygen atoms in total. The first-order valence-electron chi connectivity index (χ1n) is 5.32. The van der Waals surface area contributed by atoms with Crippen LogP contribution in [0, 0.1) is 12.3 Å². The second-order valence-electron chi connectivity index (χ2n) is 5.36. The third kappa shape index (κ3) is 4.60. The molecule has 0 radical (unpaired) electrons. The van der Waals surface area contributed by atoms with Crippen LogP contribution in [0.2, 0.25) is 0 Å². The molecule has 0 spiro atoms. The summed E-state index contributed by atoms with van der Waals surface area (Å²) in [5.74, 6) is 0.384. The van der Waals surface area contributed by atoms with Crippen LogP contribution < -0.4 is 10.5 Å². The number of aryl methyl sites for hydroxylation is 1. The third-order valence-electron chi connectivity index (χ3n) is 1.97. The van der Waals surface area contributed by atoms with Gasteiger partial charge in [-0.3, -0.25) is 4.72 Å². The zero-order valence-corrected chi connectivity index (χ0v) is 11.4. The van der Waals surface area contributed by atoms with Crippen molar-refractivity contribution in [1.82, 2.24) is 4.98 Å². The Hall–Kier alpha value is -1.30. The Balaban J connectivity index is 2.91. The summed E-state index contributed by atoms with van der Waals surface area (Å²) in [5.41, 5.74) is 6.48. The van der Waals surface area contributed by atoms with E-state index in [0.717, 1.165) is 0 Å². The minimum absolute atomic E-state index is 0.0471. The molecule has 0 aliphatic rings. The lowest BCUT2D eigenvalue weighted by Gasteiger charge is -2.19. The van der Waals surface area contributed by atoms with Crippen molar-refractivity contribution in [2.75, 3.05) is 16.2 Å². The Morgan fingerprint density at radius 2 is 2.00 bits per heavy atom. The molecule has 96 valence electrons. The quantitative estimate of drug-likeness (QED) is 0.864. The number of hydrogen-bond donors (Lipinski definition) is 2. The predicted molar refractivity (Wildman–Crippen MR) is 70.3 cm³/mol. The van der Waals surface area contributed by atoms with Crippen LogP contribution >= 0.6 is 0 Å². The highest BCUT2D eigenvalue weighted by molar-refractivity contribution is 7.92. The summed E-state index contributed by atoms with van der Waals surface area (Å²) in [7, 11) is -3.38. The van der Waals surface area contributed by atoms with E-state index in [9.17, 15) is 8.42 Å². The van der Waals surface area contributed by atoms with Crippen LogP contribution in [0.15, 0.2) is 12.3 Å². The van der Waals surface area contributed by atoms with E-state index in [2.05, 4.69) is 9.71 Å². The average Bonchev–Trinajstić information content (AvgIpc) is 2.05. The maximum absolute atomic E-state index is 11.9. The van der Waals surface area contributed by atoms with Crippen molar-refractivity contribution in [2.24, 2.45) is 5.41 Å². The summed E-state index contributed by atoms with van der Waals surface area (Å²) in [6.45, 7) is 7.37. The Morgan fingerprint density at radius 3 is 2.47 bits per heavy atom. The second-order valence-corrected chi connectivity index (χ2v) is 7.08. The van der Waals surface area contributed by atoms with E-state index in [1.165, 1.54) is 6.20 Å². The van der Waals surface area contributed by atoms with Crippen molar-refractivity contribution in [3.63, 3.8) is 0 Å². The van der Waals surface area contributed by atoms with E-state index >= 15 is 0 Å². The van der Waals surface area contributed by atoms with Gasteiger partial charge in [0, 0.05) is 0 Å². The lowest BCUT2D eigenvalue weighted by atomic mass is 10.0. The van der Waals surface area contributed by atoms with Gasteiger partial charge < -0.3 is 5.73 Å². The molecule has 1 heterocycles. The van der Waals surface area contributed by atoms with Gasteiger partial charge >= 0.3 is 0 Å². The van der Waals surface area contributed by atoms with Crippen LogP contribution in [0.1, 0.15) is 26.3 Å². The van der Waals surface area contributed by atoms with Gasteiger partial charge in [-0.15, -0.1) is 0 Å². The van der Waals surface area contributed by atoms with Crippen LogP contribution in [0.4, 0.5) is 11.5 Å². The molecule has 0 unspecified atom stereocenters. The van der Waals surface area contributed by atoms with Crippen molar-refractivity contribution in [1.29, 1.82) is 0 Å². The molecule has 0 fully saturated rings. The van der Waals surface area contributed by atoms with Gasteiger partial charge in [0.15, 0.2) is 0 Å². The van der Waals surface area contributed by atoms with Crippen molar-refractivity contribution in [3.05, 3.63) is 17.8 Å². The van der Waals surface area contributed by atoms with Crippen LogP contribution in [0.3, 0.4) is 0 Å². The lowest BCUT2D eigenvalue weighted by Crippen LogP contribution is -2.26. The molecular formula is C11H19N3O2S. The number of rotatable bonds is 3. The van der Waals surface area contributed by atoms with Crippen LogP contribution in [-0.4, -0.2) is 19.2 Å². The van der Waals surface area contributed by atoms with E-state index in [0.29, 0.717) is 17.1 Å². The Labute approximate surface area is 102 Å². The molecule has 17 heavy (non-hydrogen) atoms. The van der Waals surface area contributed by atoms with Gasteiger partial charge in [0.1, 0.15) is 5.82 Å². The molecule has 0 saturated carbocycles. The minimum Gasteiger partial charge on any atom is -0.397 e. The SMILES string of the molecule is Cc1cc(N)cnc1NS(=O)(=O)CC(C)(C)C. The van der Waals surface area contributed by atoms with Crippen LogP contribution in [0.5, 0.6) is 0 Å². The molecule has 0 aromatic carbocycles. The maximum Gasteiger partial charge on any atom is 0.234 e. The number of nitrogens with zero attached hydrogens (tertiary/aromatic N) is 1. The lowest BCUT2D eigenvalue weighted by molar-refractivity contribution is 0.463. The molecule has 0 bridgehead atoms. The van der Waals surface area contributed by atoms with Crippen molar-refractivity contribution >= 4 is 21.5 Å². The van der Waals surface area contributed by atoms with Gasteiger partial charge in [-0.05, 0) is 24.0 Å². The first-order chi connectivity index (χ1) is 7.59. The third-order valence-corrected chi connectivity index (χ3v) is 3.73. The number of hydrogen-bond acceptors (Lipinski definition) is 4. The monoisotopic (exact) mass is 257 g/mol. The largest absolute Gasteiger partial charge is 0.397 e. The van der Waals surface area contributed by atoms with Crippen molar-refractivity contribution < 1.29 is 8.42 Å². The Kier molecular flexibility index (Phi) is 3.66. The smallest absolute Gasteiger partial charge is 0.234 e. The van der Waals surface area contributed by atoms with Crippen LogP contribution in [-0.2, 0) is 10.0 Å². The molecule has 1 aromatic rings. The van der Waals surface area contributed by atoms with E-state index in [-0.39, 0.29) is 11.2 Å². The molecular weight excluding hydrogens is 238 g/mol. The van der Waals surface area contributed by atoms with Crippen molar-refractivity contribution in [3.8, 4) is 0 Å². The van der Waals surface area contributed by atoms with Gasteiger partial charge in [0.25, 0.3) is 0 Å². The number of nitrogens with two attached hydrogens (primary N) is 1. The average molecular weight is 257 g/mol. The van der Waals surface area contributed by atoms with E-state index < -0.39 is 10.0 Å². The fourth-order valence-electron chi connectivity index (χ4n) is 1.46. The zero-order chi connectivity index (χ0) is 13.3. The summed E-state index contributed by atoms with van der Waals surface area (Å²) in [5, 5.41) is 0. The van der Waals surface area contributed by atoms with Gasteiger partial charge in [-0.2, -0.15) is 0 Å².